The van der Waals surface area contributed by atoms with Gasteiger partial charge in [0.05, 0.1) is 12.8 Å². The molecule has 1 aliphatic rings. The van der Waals surface area contributed by atoms with Crippen LogP contribution in [0.5, 0.6) is 5.75 Å². The highest BCUT2D eigenvalue weighted by molar-refractivity contribution is 14.0. The molecule has 1 fully saturated rings. The Labute approximate surface area is 184 Å². The summed E-state index contributed by atoms with van der Waals surface area (Å²) < 4.78 is 10.1. The molecule has 1 aromatic carbocycles. The molecule has 0 saturated carbocycles. The van der Waals surface area contributed by atoms with E-state index in [4.69, 9.17) is 9.26 Å². The number of nitrogens with zero attached hydrogens (tertiary/aromatic N) is 4. The number of hydrogen-bond acceptors (Lipinski definition) is 5. The van der Waals surface area contributed by atoms with Crippen LogP contribution < -0.4 is 10.1 Å². The van der Waals surface area contributed by atoms with E-state index >= 15 is 0 Å². The summed E-state index contributed by atoms with van der Waals surface area (Å²) in [6.07, 6.45) is 3.74. The van der Waals surface area contributed by atoms with Crippen LogP contribution in [0.2, 0.25) is 0 Å². The van der Waals surface area contributed by atoms with Crippen molar-refractivity contribution >= 4 is 29.9 Å². The Balaban J connectivity index is 0.00000280. The van der Waals surface area contributed by atoms with Gasteiger partial charge in [-0.2, -0.15) is 0 Å². The van der Waals surface area contributed by atoms with Gasteiger partial charge in [-0.3, -0.25) is 9.89 Å². The van der Waals surface area contributed by atoms with E-state index in [9.17, 15) is 0 Å². The van der Waals surface area contributed by atoms with E-state index in [-0.39, 0.29) is 24.0 Å². The Morgan fingerprint density at radius 2 is 1.93 bits per heavy atom. The third-order valence-corrected chi connectivity index (χ3v) is 4.84. The molecule has 1 aromatic heterocycles. The fraction of sp³-hybridized carbons (Fsp3) is 0.500. The van der Waals surface area contributed by atoms with Crippen molar-refractivity contribution in [3.63, 3.8) is 0 Å². The Kier molecular flexibility index (Phi) is 9.56. The Morgan fingerprint density at radius 1 is 1.18 bits per heavy atom. The summed E-state index contributed by atoms with van der Waals surface area (Å²) in [5.41, 5.74) is 2.32. The minimum Gasteiger partial charge on any atom is -0.497 e. The molecule has 1 aliphatic heterocycles. The lowest BCUT2D eigenvalue weighted by Gasteiger charge is -2.36. The number of aromatic nitrogens is 1. The summed E-state index contributed by atoms with van der Waals surface area (Å²) >= 11 is 0. The van der Waals surface area contributed by atoms with Gasteiger partial charge in [-0.15, -0.1) is 24.0 Å². The van der Waals surface area contributed by atoms with Crippen LogP contribution in [0.4, 0.5) is 0 Å². The molecule has 154 valence electrons. The molecule has 0 spiro atoms. The minimum atomic E-state index is 0. The fourth-order valence-corrected chi connectivity index (χ4v) is 3.28. The van der Waals surface area contributed by atoms with Gasteiger partial charge in [0.2, 0.25) is 0 Å². The molecule has 1 saturated heterocycles. The number of piperazine rings is 1. The first kappa shape index (κ1) is 22.5. The standard InChI is InChI=1S/C20H29N5O2.HI/c1-21-20(22-10-3-4-17-5-7-19(26-2)8-6-17)25-13-11-24(12-14-25)16-18-9-15-27-23-18;/h5-9,15H,3-4,10-14,16H2,1-2H3,(H,21,22);1H. The molecule has 0 unspecified atom stereocenters. The highest BCUT2D eigenvalue weighted by atomic mass is 127. The van der Waals surface area contributed by atoms with Crippen LogP contribution >= 0.6 is 24.0 Å². The number of aliphatic imine (C=N–C) groups is 1. The maximum Gasteiger partial charge on any atom is 0.193 e. The van der Waals surface area contributed by atoms with Crippen molar-refractivity contribution in [2.24, 2.45) is 4.99 Å². The van der Waals surface area contributed by atoms with Gasteiger partial charge in [-0.05, 0) is 30.5 Å². The number of rotatable bonds is 7. The van der Waals surface area contributed by atoms with E-state index in [2.05, 4.69) is 37.4 Å². The number of hydrogen-bond donors (Lipinski definition) is 1. The number of halogens is 1. The number of benzene rings is 1. The van der Waals surface area contributed by atoms with Gasteiger partial charge in [-0.1, -0.05) is 17.3 Å². The second-order valence-electron chi connectivity index (χ2n) is 6.68. The molecule has 2 aromatic rings. The van der Waals surface area contributed by atoms with Gasteiger partial charge in [0, 0.05) is 52.4 Å². The Hall–Kier alpha value is -1.81. The number of guanidine groups is 1. The van der Waals surface area contributed by atoms with E-state index in [1.54, 1.807) is 13.4 Å². The topological polar surface area (TPSA) is 66.1 Å². The third-order valence-electron chi connectivity index (χ3n) is 4.84. The van der Waals surface area contributed by atoms with Crippen LogP contribution in [0.25, 0.3) is 0 Å². The first-order valence-corrected chi connectivity index (χ1v) is 9.48. The molecule has 8 heteroatoms. The lowest BCUT2D eigenvalue weighted by molar-refractivity contribution is 0.169. The first-order valence-electron chi connectivity index (χ1n) is 9.48. The molecule has 7 nitrogen and oxygen atoms in total. The summed E-state index contributed by atoms with van der Waals surface area (Å²) in [7, 11) is 3.55. The normalized spacial score (nSPS) is 15.2. The zero-order chi connectivity index (χ0) is 18.9. The van der Waals surface area contributed by atoms with E-state index in [1.165, 1.54) is 5.56 Å². The average Bonchev–Trinajstić information content (AvgIpc) is 3.22. The molecular weight excluding hydrogens is 469 g/mol. The van der Waals surface area contributed by atoms with Crippen molar-refractivity contribution < 1.29 is 9.26 Å². The van der Waals surface area contributed by atoms with Crippen LogP contribution in [0, 0.1) is 0 Å². The predicted octanol–water partition coefficient (Wildman–Crippen LogP) is 2.63. The lowest BCUT2D eigenvalue weighted by atomic mass is 10.1. The summed E-state index contributed by atoms with van der Waals surface area (Å²) in [5, 5.41) is 7.49. The molecule has 3 rings (SSSR count). The maximum atomic E-state index is 5.20. The van der Waals surface area contributed by atoms with Crippen molar-refractivity contribution in [2.75, 3.05) is 46.9 Å². The summed E-state index contributed by atoms with van der Waals surface area (Å²) in [6, 6.07) is 10.2. The average molecular weight is 499 g/mol. The summed E-state index contributed by atoms with van der Waals surface area (Å²) in [6.45, 7) is 5.70. The Morgan fingerprint density at radius 3 is 2.54 bits per heavy atom. The van der Waals surface area contributed by atoms with Crippen LogP contribution in [-0.4, -0.2) is 67.8 Å². The van der Waals surface area contributed by atoms with Gasteiger partial charge in [0.1, 0.15) is 12.0 Å². The zero-order valence-corrected chi connectivity index (χ0v) is 19.0. The van der Waals surface area contributed by atoms with Crippen LogP contribution in [-0.2, 0) is 13.0 Å². The summed E-state index contributed by atoms with van der Waals surface area (Å²) in [4.78, 5) is 9.17. The van der Waals surface area contributed by atoms with Crippen molar-refractivity contribution in [2.45, 2.75) is 19.4 Å². The maximum absolute atomic E-state index is 5.20. The largest absolute Gasteiger partial charge is 0.497 e. The van der Waals surface area contributed by atoms with Crippen molar-refractivity contribution in [3.05, 3.63) is 47.9 Å². The van der Waals surface area contributed by atoms with Gasteiger partial charge in [-0.25, -0.2) is 0 Å². The number of nitrogens with one attached hydrogen (secondary N) is 1. The molecule has 2 heterocycles. The van der Waals surface area contributed by atoms with E-state index in [1.807, 2.05) is 25.2 Å². The molecule has 0 radical (unpaired) electrons. The van der Waals surface area contributed by atoms with Gasteiger partial charge in [0.25, 0.3) is 0 Å². The number of aryl methyl sites for hydroxylation is 1. The van der Waals surface area contributed by atoms with Gasteiger partial charge in [0.15, 0.2) is 5.96 Å². The molecular formula is C20H30IN5O2. The highest BCUT2D eigenvalue weighted by Crippen LogP contribution is 2.12. The highest BCUT2D eigenvalue weighted by Gasteiger charge is 2.20. The molecule has 0 amide bonds. The monoisotopic (exact) mass is 499 g/mol. The van der Waals surface area contributed by atoms with Crippen LogP contribution in [0.3, 0.4) is 0 Å². The third kappa shape index (κ3) is 6.66. The van der Waals surface area contributed by atoms with Crippen molar-refractivity contribution in [1.82, 2.24) is 20.3 Å². The molecule has 0 bridgehead atoms. The van der Waals surface area contributed by atoms with Crippen molar-refractivity contribution in [1.29, 1.82) is 0 Å². The number of methoxy groups -OCH3 is 1. The molecule has 28 heavy (non-hydrogen) atoms. The molecule has 1 N–H and O–H groups in total. The molecule has 0 atom stereocenters. The van der Waals surface area contributed by atoms with Crippen LogP contribution in [0.1, 0.15) is 17.7 Å². The predicted molar refractivity (Wildman–Crippen MR) is 121 cm³/mol. The van der Waals surface area contributed by atoms with Gasteiger partial charge < -0.3 is 19.5 Å². The zero-order valence-electron chi connectivity index (χ0n) is 16.6. The summed E-state index contributed by atoms with van der Waals surface area (Å²) in [5.74, 6) is 1.89. The first-order chi connectivity index (χ1) is 13.3. The van der Waals surface area contributed by atoms with E-state index in [0.717, 1.165) is 69.5 Å². The SMILES string of the molecule is CN=C(NCCCc1ccc(OC)cc1)N1CCN(Cc2ccon2)CC1.I. The Bertz CT molecular complexity index is 698. The second kappa shape index (κ2) is 11.9. The second-order valence-corrected chi connectivity index (χ2v) is 6.68. The number of ether oxygens (including phenoxy) is 1. The van der Waals surface area contributed by atoms with Gasteiger partial charge >= 0.3 is 0 Å². The molecule has 0 aliphatic carbocycles. The fourth-order valence-electron chi connectivity index (χ4n) is 3.28. The quantitative estimate of drug-likeness (QED) is 0.274. The lowest BCUT2D eigenvalue weighted by Crippen LogP contribution is -2.52. The van der Waals surface area contributed by atoms with Crippen molar-refractivity contribution in [3.8, 4) is 5.75 Å². The van der Waals surface area contributed by atoms with E-state index in [0.29, 0.717) is 0 Å². The van der Waals surface area contributed by atoms with Crippen LogP contribution in [0.15, 0.2) is 46.1 Å². The minimum absolute atomic E-state index is 0. The smallest absolute Gasteiger partial charge is 0.193 e. The van der Waals surface area contributed by atoms with E-state index < -0.39 is 0 Å².